The molecule has 2 heterocycles. The zero-order chi connectivity index (χ0) is 16.4. The molecule has 2 aromatic heterocycles. The standard InChI is InChI=1S/C19H16N4O/c24-18-9-5-4-8-17(18)19(22-12-10-20-14-22,23-13-11-21-15-23)16-6-2-1-3-7-16/h1-15,24H. The smallest absolute Gasteiger partial charge is 0.179 e. The van der Waals surface area contributed by atoms with Gasteiger partial charge in [0.05, 0.1) is 12.7 Å². The third-order valence-corrected chi connectivity index (χ3v) is 4.21. The first-order valence-corrected chi connectivity index (χ1v) is 7.64. The molecule has 118 valence electrons. The Morgan fingerprint density at radius 2 is 1.33 bits per heavy atom. The Morgan fingerprint density at radius 3 is 1.88 bits per heavy atom. The van der Waals surface area contributed by atoms with E-state index in [1.54, 1.807) is 31.1 Å². The van der Waals surface area contributed by atoms with Crippen molar-refractivity contribution in [3.8, 4) is 5.75 Å². The highest BCUT2D eigenvalue weighted by molar-refractivity contribution is 5.47. The van der Waals surface area contributed by atoms with E-state index in [0.29, 0.717) is 0 Å². The van der Waals surface area contributed by atoms with Gasteiger partial charge in [-0.1, -0.05) is 48.5 Å². The minimum absolute atomic E-state index is 0.212. The molecule has 0 amide bonds. The van der Waals surface area contributed by atoms with Crippen molar-refractivity contribution in [1.29, 1.82) is 0 Å². The number of aromatic hydroxyl groups is 1. The van der Waals surface area contributed by atoms with Crippen LogP contribution in [0.1, 0.15) is 11.1 Å². The average molecular weight is 316 g/mol. The summed E-state index contributed by atoms with van der Waals surface area (Å²) >= 11 is 0. The van der Waals surface area contributed by atoms with E-state index in [4.69, 9.17) is 0 Å². The molecular formula is C19H16N4O. The fourth-order valence-corrected chi connectivity index (χ4v) is 3.21. The molecule has 2 aromatic carbocycles. The number of benzene rings is 2. The number of hydrogen-bond donors (Lipinski definition) is 1. The predicted octanol–water partition coefficient (Wildman–Crippen LogP) is 3.08. The summed E-state index contributed by atoms with van der Waals surface area (Å²) in [5.74, 6) is 0.212. The van der Waals surface area contributed by atoms with E-state index in [-0.39, 0.29) is 5.75 Å². The maximum atomic E-state index is 10.6. The molecule has 0 aliphatic heterocycles. The van der Waals surface area contributed by atoms with Crippen molar-refractivity contribution >= 4 is 0 Å². The summed E-state index contributed by atoms with van der Waals surface area (Å²) in [6.07, 6.45) is 10.7. The van der Waals surface area contributed by atoms with Gasteiger partial charge < -0.3 is 14.2 Å². The van der Waals surface area contributed by atoms with Crippen molar-refractivity contribution < 1.29 is 5.11 Å². The van der Waals surface area contributed by atoms with E-state index in [1.165, 1.54) is 0 Å². The van der Waals surface area contributed by atoms with Gasteiger partial charge in [0.1, 0.15) is 5.75 Å². The van der Waals surface area contributed by atoms with Gasteiger partial charge in [-0.15, -0.1) is 0 Å². The molecule has 0 bridgehead atoms. The zero-order valence-electron chi connectivity index (χ0n) is 12.9. The van der Waals surface area contributed by atoms with Crippen molar-refractivity contribution in [2.45, 2.75) is 5.66 Å². The number of hydrogen-bond acceptors (Lipinski definition) is 3. The van der Waals surface area contributed by atoms with Crippen LogP contribution in [0.5, 0.6) is 5.75 Å². The largest absolute Gasteiger partial charge is 0.507 e. The molecule has 0 radical (unpaired) electrons. The molecule has 0 saturated heterocycles. The van der Waals surface area contributed by atoms with Crippen molar-refractivity contribution in [3.63, 3.8) is 0 Å². The molecular weight excluding hydrogens is 300 g/mol. The summed E-state index contributed by atoms with van der Waals surface area (Å²) in [5, 5.41) is 10.6. The monoisotopic (exact) mass is 316 g/mol. The number of imidazole rings is 2. The summed E-state index contributed by atoms with van der Waals surface area (Å²) < 4.78 is 3.94. The highest BCUT2D eigenvalue weighted by atomic mass is 16.3. The Labute approximate surface area is 139 Å². The van der Waals surface area contributed by atoms with Gasteiger partial charge in [0.25, 0.3) is 0 Å². The van der Waals surface area contributed by atoms with Crippen LogP contribution in [0.25, 0.3) is 0 Å². The topological polar surface area (TPSA) is 55.9 Å². The molecule has 0 aliphatic rings. The van der Waals surface area contributed by atoms with E-state index in [1.807, 2.05) is 70.1 Å². The normalized spacial score (nSPS) is 11.5. The molecule has 0 aliphatic carbocycles. The lowest BCUT2D eigenvalue weighted by molar-refractivity contribution is 0.340. The molecule has 5 heteroatoms. The van der Waals surface area contributed by atoms with Crippen LogP contribution in [0, 0.1) is 0 Å². The van der Waals surface area contributed by atoms with Crippen LogP contribution in [-0.4, -0.2) is 24.2 Å². The number of phenols is 1. The zero-order valence-corrected chi connectivity index (χ0v) is 12.9. The predicted molar refractivity (Wildman–Crippen MR) is 90.6 cm³/mol. The number of nitrogens with zero attached hydrogens (tertiary/aromatic N) is 4. The molecule has 0 saturated carbocycles. The Balaban J connectivity index is 2.14. The van der Waals surface area contributed by atoms with E-state index in [2.05, 4.69) is 9.97 Å². The van der Waals surface area contributed by atoms with Crippen molar-refractivity contribution in [2.24, 2.45) is 0 Å². The first-order chi connectivity index (χ1) is 11.8. The first-order valence-electron chi connectivity index (χ1n) is 7.64. The van der Waals surface area contributed by atoms with Crippen molar-refractivity contribution in [1.82, 2.24) is 19.1 Å². The quantitative estimate of drug-likeness (QED) is 0.629. The second-order valence-electron chi connectivity index (χ2n) is 5.50. The van der Waals surface area contributed by atoms with Gasteiger partial charge >= 0.3 is 0 Å². The fourth-order valence-electron chi connectivity index (χ4n) is 3.21. The molecule has 0 spiro atoms. The van der Waals surface area contributed by atoms with Crippen LogP contribution in [0.15, 0.2) is 92.0 Å². The van der Waals surface area contributed by atoms with Gasteiger partial charge in [0.15, 0.2) is 5.66 Å². The lowest BCUT2D eigenvalue weighted by atomic mass is 9.89. The van der Waals surface area contributed by atoms with E-state index in [0.717, 1.165) is 11.1 Å². The summed E-state index contributed by atoms with van der Waals surface area (Å²) in [7, 11) is 0. The third-order valence-electron chi connectivity index (χ3n) is 4.21. The Morgan fingerprint density at radius 1 is 0.750 bits per heavy atom. The van der Waals surface area contributed by atoms with Crippen LogP contribution in [0.2, 0.25) is 0 Å². The molecule has 1 N–H and O–H groups in total. The molecule has 0 fully saturated rings. The maximum Gasteiger partial charge on any atom is 0.179 e. The lowest BCUT2D eigenvalue weighted by Crippen LogP contribution is -2.42. The minimum atomic E-state index is -0.820. The molecule has 0 unspecified atom stereocenters. The summed E-state index contributed by atoms with van der Waals surface area (Å²) in [4.78, 5) is 8.45. The van der Waals surface area contributed by atoms with Gasteiger partial charge in [-0.3, -0.25) is 0 Å². The van der Waals surface area contributed by atoms with Crippen molar-refractivity contribution in [3.05, 3.63) is 103 Å². The Hall–Kier alpha value is -3.34. The summed E-state index contributed by atoms with van der Waals surface area (Å²) in [6, 6.07) is 17.4. The van der Waals surface area contributed by atoms with Crippen LogP contribution in [0.3, 0.4) is 0 Å². The first kappa shape index (κ1) is 14.3. The second-order valence-corrected chi connectivity index (χ2v) is 5.50. The SMILES string of the molecule is Oc1ccccc1C(c1ccccc1)(n1ccnc1)n1ccnc1. The van der Waals surface area contributed by atoms with E-state index in [9.17, 15) is 5.11 Å². The highest BCUT2D eigenvalue weighted by Gasteiger charge is 2.39. The molecule has 24 heavy (non-hydrogen) atoms. The average Bonchev–Trinajstić information content (AvgIpc) is 3.33. The summed E-state index contributed by atoms with van der Waals surface area (Å²) in [5.41, 5.74) is 0.911. The van der Waals surface area contributed by atoms with Crippen LogP contribution in [0.4, 0.5) is 0 Å². The Kier molecular flexibility index (Phi) is 3.39. The van der Waals surface area contributed by atoms with Crippen LogP contribution < -0.4 is 0 Å². The van der Waals surface area contributed by atoms with Gasteiger partial charge in [-0.2, -0.15) is 0 Å². The van der Waals surface area contributed by atoms with Crippen molar-refractivity contribution in [2.75, 3.05) is 0 Å². The number of phenolic OH excluding ortho intramolecular Hbond substituents is 1. The van der Waals surface area contributed by atoms with Gasteiger partial charge in [-0.05, 0) is 6.07 Å². The highest BCUT2D eigenvalue weighted by Crippen LogP contribution is 2.39. The number of rotatable bonds is 4. The molecule has 4 aromatic rings. The Bertz CT molecular complexity index is 881. The summed E-state index contributed by atoms with van der Waals surface area (Å²) in [6.45, 7) is 0. The van der Waals surface area contributed by atoms with Crippen LogP contribution in [-0.2, 0) is 5.66 Å². The second kappa shape index (κ2) is 5.70. The number of aromatic nitrogens is 4. The van der Waals surface area contributed by atoms with Gasteiger partial charge in [0, 0.05) is 35.9 Å². The van der Waals surface area contributed by atoms with Crippen LogP contribution >= 0.6 is 0 Å². The van der Waals surface area contributed by atoms with E-state index >= 15 is 0 Å². The molecule has 0 atom stereocenters. The van der Waals surface area contributed by atoms with E-state index < -0.39 is 5.66 Å². The molecule has 5 nitrogen and oxygen atoms in total. The number of para-hydroxylation sites is 1. The van der Waals surface area contributed by atoms with Gasteiger partial charge in [0.2, 0.25) is 0 Å². The maximum absolute atomic E-state index is 10.6. The third kappa shape index (κ3) is 2.02. The van der Waals surface area contributed by atoms with Gasteiger partial charge in [-0.25, -0.2) is 9.97 Å². The lowest BCUT2D eigenvalue weighted by Gasteiger charge is -2.37. The minimum Gasteiger partial charge on any atom is -0.507 e. The molecule has 4 rings (SSSR count). The fraction of sp³-hybridized carbons (Fsp3) is 0.0526.